The number of nitrogens with one attached hydrogen (secondary N) is 1. The molecule has 1 fully saturated rings. The highest BCUT2D eigenvalue weighted by Gasteiger charge is 2.24. The van der Waals surface area contributed by atoms with E-state index in [2.05, 4.69) is 34.5 Å². The van der Waals surface area contributed by atoms with Crippen LogP contribution in [0.5, 0.6) is 0 Å². The van der Waals surface area contributed by atoms with Crippen LogP contribution in [0.3, 0.4) is 0 Å². The molecule has 5 heteroatoms. The molecule has 1 amide bonds. The minimum atomic E-state index is -0.110. The second-order valence-corrected chi connectivity index (χ2v) is 7.51. The molecule has 1 unspecified atom stereocenters. The zero-order valence-electron chi connectivity index (χ0n) is 14.4. The van der Waals surface area contributed by atoms with Crippen LogP contribution in [-0.2, 0) is 0 Å². The van der Waals surface area contributed by atoms with E-state index in [0.717, 1.165) is 18.0 Å². The fourth-order valence-electron chi connectivity index (χ4n) is 3.28. The van der Waals surface area contributed by atoms with Gasteiger partial charge in [0.05, 0.1) is 16.6 Å². The first kappa shape index (κ1) is 18.3. The molecule has 1 N–H and O–H groups in total. The standard InChI is InChI=1S/C20H23ClN2OS/c1-25-16-9-10-18(21)17(13-16)20(24)22-14-19(23-11-5-6-12-23)15-7-3-2-4-8-15/h2-4,7-10,13,19H,5-6,11-12,14H2,1H3,(H,22,24). The number of hydrogen-bond donors (Lipinski definition) is 1. The van der Waals surface area contributed by atoms with Crippen LogP contribution in [0.2, 0.25) is 5.02 Å². The summed E-state index contributed by atoms with van der Waals surface area (Å²) in [7, 11) is 0. The van der Waals surface area contributed by atoms with E-state index in [1.165, 1.54) is 18.4 Å². The normalized spacial score (nSPS) is 15.9. The molecule has 2 aromatic rings. The quantitative estimate of drug-likeness (QED) is 0.748. The van der Waals surface area contributed by atoms with E-state index in [1.807, 2.05) is 24.5 Å². The van der Waals surface area contributed by atoms with E-state index in [-0.39, 0.29) is 11.9 Å². The molecule has 0 radical (unpaired) electrons. The first-order valence-electron chi connectivity index (χ1n) is 8.60. The van der Waals surface area contributed by atoms with Gasteiger partial charge in [0.2, 0.25) is 0 Å². The number of amides is 1. The second kappa shape index (κ2) is 8.75. The molecule has 25 heavy (non-hydrogen) atoms. The van der Waals surface area contributed by atoms with Gasteiger partial charge in [0.1, 0.15) is 0 Å². The zero-order valence-corrected chi connectivity index (χ0v) is 15.9. The van der Waals surface area contributed by atoms with Crippen molar-refractivity contribution in [3.63, 3.8) is 0 Å². The molecule has 1 atom stereocenters. The fourth-order valence-corrected chi connectivity index (χ4v) is 3.92. The van der Waals surface area contributed by atoms with Gasteiger partial charge >= 0.3 is 0 Å². The summed E-state index contributed by atoms with van der Waals surface area (Å²) in [5.41, 5.74) is 1.79. The van der Waals surface area contributed by atoms with Crippen molar-refractivity contribution < 1.29 is 4.79 Å². The largest absolute Gasteiger partial charge is 0.350 e. The Morgan fingerprint density at radius 1 is 1.20 bits per heavy atom. The maximum absolute atomic E-state index is 12.7. The van der Waals surface area contributed by atoms with Gasteiger partial charge in [-0.3, -0.25) is 9.69 Å². The fraction of sp³-hybridized carbons (Fsp3) is 0.350. The molecule has 132 valence electrons. The SMILES string of the molecule is CSc1ccc(Cl)c(C(=O)NCC(c2ccccc2)N2CCCC2)c1. The van der Waals surface area contributed by atoms with Crippen LogP contribution < -0.4 is 5.32 Å². The van der Waals surface area contributed by atoms with Crippen molar-refractivity contribution in [2.45, 2.75) is 23.8 Å². The lowest BCUT2D eigenvalue weighted by Gasteiger charge is -2.28. The van der Waals surface area contributed by atoms with Crippen LogP contribution in [-0.4, -0.2) is 36.7 Å². The second-order valence-electron chi connectivity index (χ2n) is 6.23. The number of likely N-dealkylation sites (tertiary alicyclic amines) is 1. The predicted molar refractivity (Wildman–Crippen MR) is 106 cm³/mol. The first-order chi connectivity index (χ1) is 12.2. The maximum atomic E-state index is 12.7. The minimum Gasteiger partial charge on any atom is -0.350 e. The Kier molecular flexibility index (Phi) is 6.40. The lowest BCUT2D eigenvalue weighted by atomic mass is 10.1. The molecule has 2 aromatic carbocycles. The summed E-state index contributed by atoms with van der Waals surface area (Å²) in [6, 6.07) is 16.2. The van der Waals surface area contributed by atoms with Crippen LogP contribution in [0.4, 0.5) is 0 Å². The van der Waals surface area contributed by atoms with E-state index in [4.69, 9.17) is 11.6 Å². The van der Waals surface area contributed by atoms with Gasteiger partial charge in [-0.15, -0.1) is 11.8 Å². The Balaban J connectivity index is 1.73. The molecule has 0 bridgehead atoms. The third-order valence-corrected chi connectivity index (χ3v) is 5.69. The number of carbonyl (C=O) groups excluding carboxylic acids is 1. The average molecular weight is 375 g/mol. The summed E-state index contributed by atoms with van der Waals surface area (Å²) >= 11 is 7.83. The molecule has 1 heterocycles. The van der Waals surface area contributed by atoms with Gasteiger partial charge in [-0.25, -0.2) is 0 Å². The Labute approximate surface area is 158 Å². The summed E-state index contributed by atoms with van der Waals surface area (Å²) in [6.45, 7) is 2.75. The van der Waals surface area contributed by atoms with E-state index in [0.29, 0.717) is 17.1 Å². The van der Waals surface area contributed by atoms with Gasteiger partial charge in [0.25, 0.3) is 5.91 Å². The smallest absolute Gasteiger partial charge is 0.252 e. The van der Waals surface area contributed by atoms with Gasteiger partial charge in [0.15, 0.2) is 0 Å². The summed E-state index contributed by atoms with van der Waals surface area (Å²) in [6.07, 6.45) is 4.43. The highest BCUT2D eigenvalue weighted by Crippen LogP contribution is 2.26. The molecule has 1 aliphatic heterocycles. The van der Waals surface area contributed by atoms with Crippen molar-refractivity contribution in [3.05, 3.63) is 64.7 Å². The van der Waals surface area contributed by atoms with Crippen LogP contribution in [0.1, 0.15) is 34.8 Å². The number of hydrogen-bond acceptors (Lipinski definition) is 3. The highest BCUT2D eigenvalue weighted by molar-refractivity contribution is 7.98. The van der Waals surface area contributed by atoms with Crippen molar-refractivity contribution in [2.24, 2.45) is 0 Å². The van der Waals surface area contributed by atoms with Gasteiger partial charge in [-0.05, 0) is 55.9 Å². The van der Waals surface area contributed by atoms with Crippen LogP contribution in [0, 0.1) is 0 Å². The number of carbonyl (C=O) groups is 1. The van der Waals surface area contributed by atoms with E-state index >= 15 is 0 Å². The third-order valence-electron chi connectivity index (χ3n) is 4.64. The summed E-state index contributed by atoms with van der Waals surface area (Å²) in [5.74, 6) is -0.110. The predicted octanol–water partition coefficient (Wildman–Crippen LogP) is 4.63. The Bertz CT molecular complexity index is 717. The number of benzene rings is 2. The van der Waals surface area contributed by atoms with Crippen molar-refractivity contribution in [2.75, 3.05) is 25.9 Å². The molecule has 1 aliphatic rings. The Morgan fingerprint density at radius 3 is 2.60 bits per heavy atom. The van der Waals surface area contributed by atoms with Crippen molar-refractivity contribution in [3.8, 4) is 0 Å². The summed E-state index contributed by atoms with van der Waals surface area (Å²) in [4.78, 5) is 16.2. The number of rotatable bonds is 6. The topological polar surface area (TPSA) is 32.3 Å². The van der Waals surface area contributed by atoms with Crippen molar-refractivity contribution in [1.29, 1.82) is 0 Å². The van der Waals surface area contributed by atoms with E-state index < -0.39 is 0 Å². The molecule has 3 rings (SSSR count). The van der Waals surface area contributed by atoms with E-state index in [1.54, 1.807) is 17.8 Å². The average Bonchev–Trinajstić information content (AvgIpc) is 3.17. The van der Waals surface area contributed by atoms with E-state index in [9.17, 15) is 4.79 Å². The monoisotopic (exact) mass is 374 g/mol. The molecule has 0 aromatic heterocycles. The lowest BCUT2D eigenvalue weighted by molar-refractivity contribution is 0.0938. The zero-order chi connectivity index (χ0) is 17.6. The Hall–Kier alpha value is -1.49. The molecule has 0 spiro atoms. The number of nitrogens with zero attached hydrogens (tertiary/aromatic N) is 1. The van der Waals surface area contributed by atoms with Crippen LogP contribution >= 0.6 is 23.4 Å². The maximum Gasteiger partial charge on any atom is 0.252 e. The molecule has 0 saturated carbocycles. The van der Waals surface area contributed by atoms with Crippen molar-refractivity contribution >= 4 is 29.3 Å². The Morgan fingerprint density at radius 2 is 1.92 bits per heavy atom. The van der Waals surface area contributed by atoms with Gasteiger partial charge in [0, 0.05) is 11.4 Å². The number of halogens is 1. The first-order valence-corrected chi connectivity index (χ1v) is 10.2. The number of thioether (sulfide) groups is 1. The van der Waals surface area contributed by atoms with Crippen molar-refractivity contribution in [1.82, 2.24) is 10.2 Å². The van der Waals surface area contributed by atoms with Gasteiger partial charge < -0.3 is 5.32 Å². The van der Waals surface area contributed by atoms with Gasteiger partial charge in [-0.2, -0.15) is 0 Å². The molecular formula is C20H23ClN2OS. The third kappa shape index (κ3) is 4.57. The summed E-state index contributed by atoms with van der Waals surface area (Å²) in [5, 5.41) is 3.59. The van der Waals surface area contributed by atoms with Gasteiger partial charge in [-0.1, -0.05) is 41.9 Å². The molecular weight excluding hydrogens is 352 g/mol. The molecule has 3 nitrogen and oxygen atoms in total. The molecule has 0 aliphatic carbocycles. The van der Waals surface area contributed by atoms with Crippen LogP contribution in [0.25, 0.3) is 0 Å². The lowest BCUT2D eigenvalue weighted by Crippen LogP contribution is -2.36. The van der Waals surface area contributed by atoms with Crippen LogP contribution in [0.15, 0.2) is 53.4 Å². The minimum absolute atomic E-state index is 0.110. The highest BCUT2D eigenvalue weighted by atomic mass is 35.5. The molecule has 1 saturated heterocycles. The summed E-state index contributed by atoms with van der Waals surface area (Å²) < 4.78 is 0.